The zero-order chi connectivity index (χ0) is 12.3. The Morgan fingerprint density at radius 1 is 1.50 bits per heavy atom. The SMILES string of the molecule is COC(=O)c1ccc(C(F)F)c(C#N)c1C. The molecule has 16 heavy (non-hydrogen) atoms. The molecule has 0 amide bonds. The molecule has 3 nitrogen and oxygen atoms in total. The van der Waals surface area contributed by atoms with Gasteiger partial charge in [0, 0.05) is 5.56 Å². The Balaban J connectivity index is 3.42. The van der Waals surface area contributed by atoms with Crippen molar-refractivity contribution in [1.29, 1.82) is 5.26 Å². The molecule has 0 aliphatic heterocycles. The molecule has 0 bridgehead atoms. The van der Waals surface area contributed by atoms with Crippen molar-refractivity contribution in [2.45, 2.75) is 13.3 Å². The molecule has 0 unspecified atom stereocenters. The van der Waals surface area contributed by atoms with Gasteiger partial charge in [-0.05, 0) is 18.6 Å². The number of ether oxygens (including phenoxy) is 1. The quantitative estimate of drug-likeness (QED) is 0.727. The zero-order valence-electron chi connectivity index (χ0n) is 8.75. The highest BCUT2D eigenvalue weighted by Gasteiger charge is 2.19. The third-order valence-electron chi connectivity index (χ3n) is 2.25. The van der Waals surface area contributed by atoms with Gasteiger partial charge in [0.05, 0.1) is 24.3 Å². The summed E-state index contributed by atoms with van der Waals surface area (Å²) in [6.07, 6.45) is -2.74. The van der Waals surface area contributed by atoms with Gasteiger partial charge in [-0.3, -0.25) is 0 Å². The Morgan fingerprint density at radius 3 is 2.56 bits per heavy atom. The summed E-state index contributed by atoms with van der Waals surface area (Å²) in [7, 11) is 1.19. The van der Waals surface area contributed by atoms with Gasteiger partial charge in [-0.1, -0.05) is 6.07 Å². The fourth-order valence-corrected chi connectivity index (χ4v) is 1.39. The molecule has 0 spiro atoms. The summed E-state index contributed by atoms with van der Waals surface area (Å²) in [5, 5.41) is 8.79. The van der Waals surface area contributed by atoms with Gasteiger partial charge < -0.3 is 4.74 Å². The summed E-state index contributed by atoms with van der Waals surface area (Å²) in [6.45, 7) is 1.44. The Bertz CT molecular complexity index is 464. The fraction of sp³-hybridized carbons (Fsp3) is 0.273. The van der Waals surface area contributed by atoms with Crippen molar-refractivity contribution in [1.82, 2.24) is 0 Å². The van der Waals surface area contributed by atoms with E-state index in [1.54, 1.807) is 6.07 Å². The van der Waals surface area contributed by atoms with Gasteiger partial charge in [-0.25, -0.2) is 13.6 Å². The van der Waals surface area contributed by atoms with E-state index in [1.165, 1.54) is 20.1 Å². The summed E-state index contributed by atoms with van der Waals surface area (Å²) in [6, 6.07) is 3.99. The van der Waals surface area contributed by atoms with Crippen LogP contribution in [0, 0.1) is 18.3 Å². The fourth-order valence-electron chi connectivity index (χ4n) is 1.39. The first kappa shape index (κ1) is 12.1. The van der Waals surface area contributed by atoms with Gasteiger partial charge in [-0.2, -0.15) is 5.26 Å². The zero-order valence-corrected chi connectivity index (χ0v) is 8.75. The van der Waals surface area contributed by atoms with E-state index < -0.39 is 12.4 Å². The van der Waals surface area contributed by atoms with Crippen molar-refractivity contribution in [2.75, 3.05) is 7.11 Å². The number of rotatable bonds is 2. The highest BCUT2D eigenvalue weighted by atomic mass is 19.3. The number of carbonyl (C=O) groups excluding carboxylic acids is 1. The molecule has 0 atom stereocenters. The number of halogens is 2. The summed E-state index contributed by atoms with van der Waals surface area (Å²) in [5.41, 5.74) is -0.193. The minimum Gasteiger partial charge on any atom is -0.465 e. The van der Waals surface area contributed by atoms with E-state index in [-0.39, 0.29) is 22.3 Å². The number of nitrogens with zero attached hydrogens (tertiary/aromatic N) is 1. The molecule has 0 heterocycles. The molecule has 5 heteroatoms. The lowest BCUT2D eigenvalue weighted by Crippen LogP contribution is -2.07. The van der Waals surface area contributed by atoms with E-state index in [1.807, 2.05) is 0 Å². The van der Waals surface area contributed by atoms with Crippen LogP contribution in [-0.4, -0.2) is 13.1 Å². The molecule has 0 saturated carbocycles. The van der Waals surface area contributed by atoms with Crippen LogP contribution in [0.2, 0.25) is 0 Å². The van der Waals surface area contributed by atoms with Gasteiger partial charge >= 0.3 is 5.97 Å². The van der Waals surface area contributed by atoms with Crippen molar-refractivity contribution in [2.24, 2.45) is 0 Å². The summed E-state index contributed by atoms with van der Waals surface area (Å²) in [5.74, 6) is -0.644. The second kappa shape index (κ2) is 4.71. The molecule has 1 rings (SSSR count). The van der Waals surface area contributed by atoms with E-state index in [2.05, 4.69) is 4.74 Å². The van der Waals surface area contributed by atoms with E-state index in [4.69, 9.17) is 5.26 Å². The summed E-state index contributed by atoms with van der Waals surface area (Å²) < 4.78 is 29.6. The maximum absolute atomic E-state index is 12.5. The minimum absolute atomic E-state index is 0.128. The maximum atomic E-state index is 12.5. The van der Waals surface area contributed by atoms with Gasteiger partial charge in [0.2, 0.25) is 0 Å². The minimum atomic E-state index is -2.74. The molecule has 0 fully saturated rings. The Labute approximate surface area is 91.3 Å². The van der Waals surface area contributed by atoms with Crippen molar-refractivity contribution in [3.63, 3.8) is 0 Å². The van der Waals surface area contributed by atoms with Crippen molar-refractivity contribution < 1.29 is 18.3 Å². The second-order valence-electron chi connectivity index (χ2n) is 3.11. The standard InChI is InChI=1S/C11H9F2NO2/c1-6-7(11(15)16-2)3-4-8(10(12)13)9(6)5-14/h3-4,10H,1-2H3. The number of hydrogen-bond acceptors (Lipinski definition) is 3. The molecule has 0 radical (unpaired) electrons. The highest BCUT2D eigenvalue weighted by molar-refractivity contribution is 5.91. The molecule has 1 aromatic rings. The molecular formula is C11H9F2NO2. The van der Waals surface area contributed by atoms with Gasteiger partial charge in [0.15, 0.2) is 0 Å². The lowest BCUT2D eigenvalue weighted by Gasteiger charge is -2.09. The third-order valence-corrected chi connectivity index (χ3v) is 2.25. The second-order valence-corrected chi connectivity index (χ2v) is 3.11. The molecule has 0 N–H and O–H groups in total. The van der Waals surface area contributed by atoms with Crippen LogP contribution in [0.1, 0.15) is 33.5 Å². The topological polar surface area (TPSA) is 50.1 Å². The Morgan fingerprint density at radius 2 is 2.12 bits per heavy atom. The predicted molar refractivity (Wildman–Crippen MR) is 52.2 cm³/mol. The normalized spacial score (nSPS) is 10.0. The third kappa shape index (κ3) is 2.01. The van der Waals surface area contributed by atoms with Crippen molar-refractivity contribution in [3.05, 3.63) is 34.4 Å². The first-order valence-electron chi connectivity index (χ1n) is 4.43. The van der Waals surface area contributed by atoms with Crippen LogP contribution in [-0.2, 0) is 4.74 Å². The average Bonchev–Trinajstić information content (AvgIpc) is 2.27. The van der Waals surface area contributed by atoms with Crippen LogP contribution in [0.5, 0.6) is 0 Å². The van der Waals surface area contributed by atoms with E-state index >= 15 is 0 Å². The first-order valence-corrected chi connectivity index (χ1v) is 4.43. The first-order chi connectivity index (χ1) is 7.52. The molecule has 0 aliphatic rings. The lowest BCUT2D eigenvalue weighted by atomic mass is 9.98. The van der Waals surface area contributed by atoms with Crippen LogP contribution in [0.15, 0.2) is 12.1 Å². The average molecular weight is 225 g/mol. The number of methoxy groups -OCH3 is 1. The molecule has 84 valence electrons. The van der Waals surface area contributed by atoms with E-state index in [0.29, 0.717) is 0 Å². The lowest BCUT2D eigenvalue weighted by molar-refractivity contribution is 0.0599. The van der Waals surface area contributed by atoms with Crippen LogP contribution in [0.4, 0.5) is 8.78 Å². The number of benzene rings is 1. The molecule has 0 aromatic heterocycles. The highest BCUT2D eigenvalue weighted by Crippen LogP contribution is 2.27. The Kier molecular flexibility index (Phi) is 3.56. The van der Waals surface area contributed by atoms with Gasteiger partial charge in [0.25, 0.3) is 6.43 Å². The molecular weight excluding hydrogens is 216 g/mol. The maximum Gasteiger partial charge on any atom is 0.338 e. The van der Waals surface area contributed by atoms with E-state index in [9.17, 15) is 13.6 Å². The number of alkyl halides is 2. The van der Waals surface area contributed by atoms with Crippen LogP contribution in [0.25, 0.3) is 0 Å². The van der Waals surface area contributed by atoms with Crippen LogP contribution in [0.3, 0.4) is 0 Å². The molecule has 1 aromatic carbocycles. The van der Waals surface area contributed by atoms with Crippen LogP contribution >= 0.6 is 0 Å². The number of esters is 1. The largest absolute Gasteiger partial charge is 0.465 e. The number of nitriles is 1. The van der Waals surface area contributed by atoms with Crippen molar-refractivity contribution in [3.8, 4) is 6.07 Å². The number of hydrogen-bond donors (Lipinski definition) is 0. The number of carbonyl (C=O) groups is 1. The molecule has 0 aliphatic carbocycles. The van der Waals surface area contributed by atoms with E-state index in [0.717, 1.165) is 6.07 Å². The summed E-state index contributed by atoms with van der Waals surface area (Å²) >= 11 is 0. The van der Waals surface area contributed by atoms with Crippen LogP contribution < -0.4 is 0 Å². The Hall–Kier alpha value is -1.96. The summed E-state index contributed by atoms with van der Waals surface area (Å²) in [4.78, 5) is 11.3. The van der Waals surface area contributed by atoms with Crippen molar-refractivity contribution >= 4 is 5.97 Å². The predicted octanol–water partition coefficient (Wildman–Crippen LogP) is 2.59. The smallest absolute Gasteiger partial charge is 0.338 e. The monoisotopic (exact) mass is 225 g/mol. The van der Waals surface area contributed by atoms with Gasteiger partial charge in [0.1, 0.15) is 0 Å². The van der Waals surface area contributed by atoms with Gasteiger partial charge in [-0.15, -0.1) is 0 Å². The molecule has 0 saturated heterocycles.